The quantitative estimate of drug-likeness (QED) is 0.647. The molecule has 3 heterocycles. The Labute approximate surface area is 82.7 Å². The molecule has 0 N–H and O–H groups in total. The van der Waals surface area contributed by atoms with E-state index in [0.717, 1.165) is 16.7 Å². The van der Waals surface area contributed by atoms with E-state index in [0.29, 0.717) is 5.75 Å². The van der Waals surface area contributed by atoms with E-state index < -0.39 is 10.8 Å². The summed E-state index contributed by atoms with van der Waals surface area (Å²) in [5.41, 5.74) is 1.91. The Kier molecular flexibility index (Phi) is 1.55. The number of hydrogen-bond acceptors (Lipinski definition) is 3. The van der Waals surface area contributed by atoms with Crippen LogP contribution in [0.15, 0.2) is 24.0 Å². The number of nitrogens with zero attached hydrogens (tertiary/aromatic N) is 3. The van der Waals surface area contributed by atoms with Crippen LogP contribution in [0, 0.1) is 0 Å². The summed E-state index contributed by atoms with van der Waals surface area (Å²) in [4.78, 5) is 8.13. The fourth-order valence-corrected chi connectivity index (χ4v) is 2.49. The van der Waals surface area contributed by atoms with Gasteiger partial charge in [0, 0.05) is 28.9 Å². The van der Waals surface area contributed by atoms with E-state index in [-0.39, 0.29) is 0 Å². The van der Waals surface area contributed by atoms with E-state index in [1.165, 1.54) is 6.33 Å². The van der Waals surface area contributed by atoms with E-state index in [9.17, 15) is 4.21 Å². The molecule has 4 nitrogen and oxygen atoms in total. The second-order valence-corrected chi connectivity index (χ2v) is 4.44. The molecule has 1 aliphatic rings. The molecule has 3 rings (SSSR count). The topological polar surface area (TPSA) is 47.8 Å². The SMILES string of the molecule is O=S1C=Cn2c(cc3cncnc32)C1. The third-order valence-electron chi connectivity index (χ3n) is 2.23. The Balaban J connectivity index is 2.37. The van der Waals surface area contributed by atoms with Crippen molar-refractivity contribution in [1.82, 2.24) is 14.5 Å². The van der Waals surface area contributed by atoms with Crippen molar-refractivity contribution in [3.05, 3.63) is 29.7 Å². The first-order valence-corrected chi connectivity index (χ1v) is 5.58. The van der Waals surface area contributed by atoms with Gasteiger partial charge in [-0.3, -0.25) is 4.21 Å². The van der Waals surface area contributed by atoms with Gasteiger partial charge >= 0.3 is 0 Å². The van der Waals surface area contributed by atoms with Crippen molar-refractivity contribution in [2.24, 2.45) is 0 Å². The molecule has 70 valence electrons. The largest absolute Gasteiger partial charge is 0.303 e. The van der Waals surface area contributed by atoms with Gasteiger partial charge in [0.05, 0.1) is 16.6 Å². The zero-order valence-electron chi connectivity index (χ0n) is 7.25. The Morgan fingerprint density at radius 1 is 1.50 bits per heavy atom. The molecule has 2 aromatic rings. The molecular weight excluding hydrogens is 198 g/mol. The van der Waals surface area contributed by atoms with Crippen molar-refractivity contribution in [1.29, 1.82) is 0 Å². The molecule has 1 atom stereocenters. The van der Waals surface area contributed by atoms with Gasteiger partial charge in [0.1, 0.15) is 12.0 Å². The van der Waals surface area contributed by atoms with Crippen LogP contribution in [0.5, 0.6) is 0 Å². The van der Waals surface area contributed by atoms with Crippen LogP contribution in [0.25, 0.3) is 17.2 Å². The van der Waals surface area contributed by atoms with Crippen molar-refractivity contribution < 1.29 is 4.21 Å². The smallest absolute Gasteiger partial charge is 0.147 e. The number of rotatable bonds is 0. The molecule has 1 unspecified atom stereocenters. The van der Waals surface area contributed by atoms with E-state index in [4.69, 9.17) is 0 Å². The minimum atomic E-state index is -0.878. The highest BCUT2D eigenvalue weighted by Crippen LogP contribution is 2.21. The molecule has 0 fully saturated rings. The highest BCUT2D eigenvalue weighted by atomic mass is 32.2. The molecule has 0 aromatic carbocycles. The molecule has 0 saturated carbocycles. The lowest BCUT2D eigenvalue weighted by molar-refractivity contribution is 0.686. The molecule has 0 amide bonds. The van der Waals surface area contributed by atoms with E-state index in [2.05, 4.69) is 9.97 Å². The lowest BCUT2D eigenvalue weighted by Crippen LogP contribution is -2.04. The molecule has 0 saturated heterocycles. The third-order valence-corrected chi connectivity index (χ3v) is 3.24. The predicted molar refractivity (Wildman–Crippen MR) is 54.7 cm³/mol. The second kappa shape index (κ2) is 2.75. The van der Waals surface area contributed by atoms with Crippen molar-refractivity contribution in [3.8, 4) is 0 Å². The summed E-state index contributed by atoms with van der Waals surface area (Å²) in [5, 5.41) is 2.68. The van der Waals surface area contributed by atoms with Crippen LogP contribution in [-0.4, -0.2) is 18.7 Å². The van der Waals surface area contributed by atoms with Gasteiger partial charge in [0.25, 0.3) is 0 Å². The van der Waals surface area contributed by atoms with E-state index in [1.54, 1.807) is 11.6 Å². The minimum Gasteiger partial charge on any atom is -0.303 e. The highest BCUT2D eigenvalue weighted by molar-refractivity contribution is 7.87. The zero-order chi connectivity index (χ0) is 9.54. The van der Waals surface area contributed by atoms with Crippen molar-refractivity contribution in [2.75, 3.05) is 0 Å². The monoisotopic (exact) mass is 205 g/mol. The van der Waals surface area contributed by atoms with Crippen molar-refractivity contribution in [3.63, 3.8) is 0 Å². The van der Waals surface area contributed by atoms with Gasteiger partial charge < -0.3 is 4.57 Å². The fourth-order valence-electron chi connectivity index (χ4n) is 1.62. The van der Waals surface area contributed by atoms with E-state index in [1.807, 2.05) is 16.8 Å². The van der Waals surface area contributed by atoms with Gasteiger partial charge in [-0.15, -0.1) is 0 Å². The van der Waals surface area contributed by atoms with Crippen LogP contribution < -0.4 is 0 Å². The van der Waals surface area contributed by atoms with Crippen LogP contribution >= 0.6 is 0 Å². The number of fused-ring (bicyclic) bond motifs is 3. The van der Waals surface area contributed by atoms with Crippen molar-refractivity contribution in [2.45, 2.75) is 5.75 Å². The third kappa shape index (κ3) is 1.02. The first-order valence-electron chi connectivity index (χ1n) is 4.20. The fraction of sp³-hybridized carbons (Fsp3) is 0.111. The first-order chi connectivity index (χ1) is 6.84. The first kappa shape index (κ1) is 7.87. The average Bonchev–Trinajstić information content (AvgIpc) is 2.54. The molecule has 0 aliphatic carbocycles. The summed E-state index contributed by atoms with van der Waals surface area (Å²) in [6.07, 6.45) is 5.10. The van der Waals surface area contributed by atoms with E-state index >= 15 is 0 Å². The summed E-state index contributed by atoms with van der Waals surface area (Å²) in [7, 11) is -0.878. The summed E-state index contributed by atoms with van der Waals surface area (Å²) < 4.78 is 13.2. The van der Waals surface area contributed by atoms with Crippen LogP contribution in [-0.2, 0) is 16.6 Å². The Hall–Kier alpha value is -1.49. The zero-order valence-corrected chi connectivity index (χ0v) is 8.07. The Bertz CT molecular complexity index is 558. The van der Waals surface area contributed by atoms with Crippen LogP contribution in [0.3, 0.4) is 0 Å². The van der Waals surface area contributed by atoms with Crippen LogP contribution in [0.1, 0.15) is 5.69 Å². The van der Waals surface area contributed by atoms with Gasteiger partial charge in [0.2, 0.25) is 0 Å². The van der Waals surface area contributed by atoms with Crippen LogP contribution in [0.4, 0.5) is 0 Å². The maximum absolute atomic E-state index is 11.3. The molecule has 0 radical (unpaired) electrons. The molecule has 5 heteroatoms. The standard InChI is InChI=1S/C9H7N3OS/c13-14-2-1-12-8(5-14)3-7-4-10-6-11-9(7)12/h1-4,6H,5H2. The highest BCUT2D eigenvalue weighted by Gasteiger charge is 2.13. The van der Waals surface area contributed by atoms with Crippen LogP contribution in [0.2, 0.25) is 0 Å². The molecular formula is C9H7N3OS. The molecule has 2 aromatic heterocycles. The Morgan fingerprint density at radius 2 is 2.43 bits per heavy atom. The number of aromatic nitrogens is 3. The van der Waals surface area contributed by atoms with Gasteiger partial charge in [-0.1, -0.05) is 0 Å². The minimum absolute atomic E-state index is 0.562. The maximum Gasteiger partial charge on any atom is 0.147 e. The summed E-state index contributed by atoms with van der Waals surface area (Å²) in [6, 6.07) is 1.98. The van der Waals surface area contributed by atoms with Gasteiger partial charge in [0.15, 0.2) is 0 Å². The summed E-state index contributed by atoms with van der Waals surface area (Å²) in [5.74, 6) is 0.562. The molecule has 14 heavy (non-hydrogen) atoms. The second-order valence-electron chi connectivity index (χ2n) is 3.12. The summed E-state index contributed by atoms with van der Waals surface area (Å²) >= 11 is 0. The van der Waals surface area contributed by atoms with Gasteiger partial charge in [-0.2, -0.15) is 0 Å². The summed E-state index contributed by atoms with van der Waals surface area (Å²) in [6.45, 7) is 0. The maximum atomic E-state index is 11.3. The average molecular weight is 205 g/mol. The van der Waals surface area contributed by atoms with Gasteiger partial charge in [-0.25, -0.2) is 9.97 Å². The molecule has 0 bridgehead atoms. The number of hydrogen-bond donors (Lipinski definition) is 0. The Morgan fingerprint density at radius 3 is 3.36 bits per heavy atom. The lowest BCUT2D eigenvalue weighted by atomic mass is 10.4. The normalized spacial score (nSPS) is 19.9. The molecule has 1 aliphatic heterocycles. The predicted octanol–water partition coefficient (Wildman–Crippen LogP) is 1.12. The molecule has 0 spiro atoms. The van der Waals surface area contributed by atoms with Crippen molar-refractivity contribution >= 4 is 28.0 Å². The van der Waals surface area contributed by atoms with Gasteiger partial charge in [-0.05, 0) is 6.07 Å². The lowest BCUT2D eigenvalue weighted by Gasteiger charge is -2.07.